The van der Waals surface area contributed by atoms with Crippen LogP contribution in [0.3, 0.4) is 0 Å². The van der Waals surface area contributed by atoms with Crippen LogP contribution in [-0.2, 0) is 12.8 Å². The van der Waals surface area contributed by atoms with Gasteiger partial charge in [-0.2, -0.15) is 0 Å². The summed E-state index contributed by atoms with van der Waals surface area (Å²) in [6, 6.07) is 17.5. The van der Waals surface area contributed by atoms with Gasteiger partial charge in [-0.25, -0.2) is 0 Å². The summed E-state index contributed by atoms with van der Waals surface area (Å²) in [5.74, 6) is 1.59. The van der Waals surface area contributed by atoms with Gasteiger partial charge in [-0.05, 0) is 49.4 Å². The smallest absolute Gasteiger partial charge is 0.123 e. The van der Waals surface area contributed by atoms with E-state index in [9.17, 15) is 0 Å². The number of rotatable bonds is 4. The van der Waals surface area contributed by atoms with Crippen LogP contribution < -0.4 is 10.1 Å². The Kier molecular flexibility index (Phi) is 4.26. The molecular weight excluding hydrogens is 258 g/mol. The van der Waals surface area contributed by atoms with Crippen LogP contribution in [0.4, 0.5) is 0 Å². The Hall–Kier alpha value is -1.80. The van der Waals surface area contributed by atoms with Gasteiger partial charge in [0.25, 0.3) is 0 Å². The minimum atomic E-state index is 0.342. The number of aryl methyl sites for hydroxylation is 1. The van der Waals surface area contributed by atoms with Gasteiger partial charge in [-0.1, -0.05) is 42.5 Å². The second kappa shape index (κ2) is 6.31. The van der Waals surface area contributed by atoms with Crippen LogP contribution in [-0.4, -0.2) is 14.2 Å². The van der Waals surface area contributed by atoms with Crippen LogP contribution in [0.2, 0.25) is 0 Å². The second-order valence-electron chi connectivity index (χ2n) is 5.78. The quantitative estimate of drug-likeness (QED) is 0.921. The summed E-state index contributed by atoms with van der Waals surface area (Å²) in [6.07, 6.45) is 3.54. The van der Waals surface area contributed by atoms with E-state index in [0.29, 0.717) is 12.0 Å². The fraction of sp³-hybridized carbons (Fsp3) is 0.368. The van der Waals surface area contributed by atoms with Gasteiger partial charge in [-0.15, -0.1) is 0 Å². The zero-order chi connectivity index (χ0) is 14.7. The highest BCUT2D eigenvalue weighted by atomic mass is 16.5. The maximum Gasteiger partial charge on any atom is 0.123 e. The van der Waals surface area contributed by atoms with Crippen molar-refractivity contribution in [3.8, 4) is 5.75 Å². The Morgan fingerprint density at radius 2 is 1.76 bits per heavy atom. The molecule has 2 aromatic rings. The summed E-state index contributed by atoms with van der Waals surface area (Å²) >= 11 is 0. The molecule has 2 heteroatoms. The molecule has 0 amide bonds. The van der Waals surface area contributed by atoms with E-state index in [1.54, 1.807) is 7.11 Å². The van der Waals surface area contributed by atoms with Crippen molar-refractivity contribution in [1.29, 1.82) is 0 Å². The van der Waals surface area contributed by atoms with Gasteiger partial charge in [0.1, 0.15) is 5.75 Å². The Bertz CT molecular complexity index is 608. The van der Waals surface area contributed by atoms with Crippen molar-refractivity contribution in [2.75, 3.05) is 14.2 Å². The number of nitrogens with one attached hydrogen (secondary N) is 1. The van der Waals surface area contributed by atoms with Crippen molar-refractivity contribution >= 4 is 0 Å². The SMILES string of the molecule is CNC(c1ccccc1OC)C1CCc2ccccc2C1. The molecule has 2 nitrogen and oxygen atoms in total. The summed E-state index contributed by atoms with van der Waals surface area (Å²) in [6.45, 7) is 0. The number of benzene rings is 2. The molecule has 2 atom stereocenters. The van der Waals surface area contributed by atoms with E-state index in [2.05, 4.69) is 54.8 Å². The molecule has 3 rings (SSSR count). The molecule has 0 saturated heterocycles. The van der Waals surface area contributed by atoms with Crippen LogP contribution in [0.25, 0.3) is 0 Å². The molecule has 0 bridgehead atoms. The van der Waals surface area contributed by atoms with E-state index in [4.69, 9.17) is 4.74 Å². The number of para-hydroxylation sites is 1. The fourth-order valence-corrected chi connectivity index (χ4v) is 3.58. The largest absolute Gasteiger partial charge is 0.496 e. The maximum absolute atomic E-state index is 5.55. The van der Waals surface area contributed by atoms with E-state index >= 15 is 0 Å². The van der Waals surface area contributed by atoms with Crippen molar-refractivity contribution in [1.82, 2.24) is 5.32 Å². The lowest BCUT2D eigenvalue weighted by Crippen LogP contribution is -2.30. The number of fused-ring (bicyclic) bond motifs is 1. The summed E-state index contributed by atoms with van der Waals surface area (Å²) in [7, 11) is 3.80. The molecule has 0 fully saturated rings. The molecule has 21 heavy (non-hydrogen) atoms. The standard InChI is InChI=1S/C19H23NO/c1-20-19(17-9-5-6-10-18(17)21-2)16-12-11-14-7-3-4-8-15(14)13-16/h3-10,16,19-20H,11-13H2,1-2H3. The van der Waals surface area contributed by atoms with Crippen molar-refractivity contribution in [3.05, 3.63) is 65.2 Å². The van der Waals surface area contributed by atoms with Crippen LogP contribution in [0, 0.1) is 5.92 Å². The first-order valence-electron chi connectivity index (χ1n) is 7.70. The Balaban J connectivity index is 1.88. The van der Waals surface area contributed by atoms with Crippen LogP contribution in [0.1, 0.15) is 29.2 Å². The van der Waals surface area contributed by atoms with Crippen LogP contribution >= 0.6 is 0 Å². The van der Waals surface area contributed by atoms with Gasteiger partial charge in [-0.3, -0.25) is 0 Å². The molecule has 1 aliphatic rings. The lowest BCUT2D eigenvalue weighted by atomic mass is 9.78. The zero-order valence-corrected chi connectivity index (χ0v) is 12.8. The summed E-state index contributed by atoms with van der Waals surface area (Å²) in [5.41, 5.74) is 4.29. The van der Waals surface area contributed by atoms with Gasteiger partial charge in [0.15, 0.2) is 0 Å². The summed E-state index contributed by atoms with van der Waals surface area (Å²) in [4.78, 5) is 0. The molecule has 0 aliphatic heterocycles. The molecule has 1 N–H and O–H groups in total. The first-order valence-corrected chi connectivity index (χ1v) is 7.70. The third-order valence-corrected chi connectivity index (χ3v) is 4.64. The predicted molar refractivity (Wildman–Crippen MR) is 86.8 cm³/mol. The van der Waals surface area contributed by atoms with Gasteiger partial charge in [0, 0.05) is 11.6 Å². The predicted octanol–water partition coefficient (Wildman–Crippen LogP) is 3.76. The van der Waals surface area contributed by atoms with Gasteiger partial charge in [0.2, 0.25) is 0 Å². The maximum atomic E-state index is 5.55. The van der Waals surface area contributed by atoms with Crippen molar-refractivity contribution < 1.29 is 4.74 Å². The minimum absolute atomic E-state index is 0.342. The molecular formula is C19H23NO. The molecule has 0 heterocycles. The van der Waals surface area contributed by atoms with Gasteiger partial charge < -0.3 is 10.1 Å². The second-order valence-corrected chi connectivity index (χ2v) is 5.78. The van der Waals surface area contributed by atoms with E-state index < -0.39 is 0 Å². The lowest BCUT2D eigenvalue weighted by molar-refractivity contribution is 0.327. The first-order chi connectivity index (χ1) is 10.3. The normalized spacial score (nSPS) is 18.9. The molecule has 0 radical (unpaired) electrons. The highest BCUT2D eigenvalue weighted by Gasteiger charge is 2.27. The molecule has 2 aromatic carbocycles. The van der Waals surface area contributed by atoms with Crippen molar-refractivity contribution in [3.63, 3.8) is 0 Å². The molecule has 0 spiro atoms. The molecule has 0 aromatic heterocycles. The minimum Gasteiger partial charge on any atom is -0.496 e. The van der Waals surface area contributed by atoms with Gasteiger partial charge >= 0.3 is 0 Å². The number of hydrogen-bond acceptors (Lipinski definition) is 2. The van der Waals surface area contributed by atoms with Crippen molar-refractivity contribution in [2.24, 2.45) is 5.92 Å². The average molecular weight is 281 g/mol. The Labute approximate surface area is 127 Å². The number of methoxy groups -OCH3 is 1. The van der Waals surface area contributed by atoms with Crippen molar-refractivity contribution in [2.45, 2.75) is 25.3 Å². The van der Waals surface area contributed by atoms with Crippen LogP contribution in [0.15, 0.2) is 48.5 Å². The number of ether oxygens (including phenoxy) is 1. The fourth-order valence-electron chi connectivity index (χ4n) is 3.58. The molecule has 2 unspecified atom stereocenters. The third-order valence-electron chi connectivity index (χ3n) is 4.64. The van der Waals surface area contributed by atoms with E-state index in [0.717, 1.165) is 12.2 Å². The molecule has 1 aliphatic carbocycles. The van der Waals surface area contributed by atoms with Crippen LogP contribution in [0.5, 0.6) is 5.75 Å². The van der Waals surface area contributed by atoms with Gasteiger partial charge in [0.05, 0.1) is 7.11 Å². The van der Waals surface area contributed by atoms with E-state index in [1.807, 2.05) is 6.07 Å². The average Bonchev–Trinajstić information content (AvgIpc) is 2.56. The number of hydrogen-bond donors (Lipinski definition) is 1. The summed E-state index contributed by atoms with van der Waals surface area (Å²) in [5, 5.41) is 3.51. The Morgan fingerprint density at radius 1 is 1.05 bits per heavy atom. The highest BCUT2D eigenvalue weighted by molar-refractivity contribution is 5.38. The monoisotopic (exact) mass is 281 g/mol. The van der Waals surface area contributed by atoms with E-state index in [1.165, 1.54) is 29.5 Å². The topological polar surface area (TPSA) is 21.3 Å². The molecule has 110 valence electrons. The zero-order valence-electron chi connectivity index (χ0n) is 12.8. The summed E-state index contributed by atoms with van der Waals surface area (Å²) < 4.78 is 5.55. The highest BCUT2D eigenvalue weighted by Crippen LogP contribution is 2.37. The molecule has 0 saturated carbocycles. The third kappa shape index (κ3) is 2.81. The first kappa shape index (κ1) is 14.2. The van der Waals surface area contributed by atoms with E-state index in [-0.39, 0.29) is 0 Å². The lowest BCUT2D eigenvalue weighted by Gasteiger charge is -2.32. The Morgan fingerprint density at radius 3 is 2.52 bits per heavy atom.